The number of halogens is 2. The lowest BCUT2D eigenvalue weighted by molar-refractivity contribution is -0.142. The lowest BCUT2D eigenvalue weighted by atomic mass is 9.94. The van der Waals surface area contributed by atoms with Gasteiger partial charge in [0.25, 0.3) is 0 Å². The number of pyridine rings is 2. The van der Waals surface area contributed by atoms with Crippen LogP contribution in [0.15, 0.2) is 24.5 Å². The minimum Gasteiger partial charge on any atom is -0.495 e. The molecule has 3 N–H and O–H groups in total. The van der Waals surface area contributed by atoms with Gasteiger partial charge in [-0.25, -0.2) is 14.2 Å². The SMILES string of the molecule is COc1cncc(Cl)c1C1(C(=O)NC(CCN(CCCCc2ccc3c(n2)NCCC3)CC(CF)OC)C(=O)O)CC1. The number of nitrogens with zero attached hydrogens (tertiary/aromatic N) is 3. The Labute approximate surface area is 251 Å². The molecule has 2 aliphatic rings. The van der Waals surface area contributed by atoms with Crippen LogP contribution in [0.5, 0.6) is 5.75 Å². The summed E-state index contributed by atoms with van der Waals surface area (Å²) in [4.78, 5) is 36.4. The van der Waals surface area contributed by atoms with Gasteiger partial charge in [-0.05, 0) is 69.5 Å². The highest BCUT2D eigenvalue weighted by Gasteiger charge is 2.54. The molecule has 42 heavy (non-hydrogen) atoms. The second-order valence-electron chi connectivity index (χ2n) is 11.0. The van der Waals surface area contributed by atoms with Crippen LogP contribution >= 0.6 is 11.6 Å². The van der Waals surface area contributed by atoms with E-state index in [4.69, 9.17) is 26.1 Å². The number of fused-ring (bicyclic) bond motifs is 1. The highest BCUT2D eigenvalue weighted by atomic mass is 35.5. The van der Waals surface area contributed by atoms with E-state index in [1.165, 1.54) is 32.2 Å². The van der Waals surface area contributed by atoms with E-state index in [0.717, 1.165) is 50.2 Å². The number of amides is 1. The van der Waals surface area contributed by atoms with Gasteiger partial charge in [0.15, 0.2) is 0 Å². The maximum atomic E-state index is 13.5. The molecule has 3 heterocycles. The summed E-state index contributed by atoms with van der Waals surface area (Å²) < 4.78 is 24.2. The van der Waals surface area contributed by atoms with Crippen LogP contribution in [0.3, 0.4) is 0 Å². The molecule has 12 heteroatoms. The van der Waals surface area contributed by atoms with Crippen molar-refractivity contribution >= 4 is 29.3 Å². The first-order chi connectivity index (χ1) is 20.3. The minimum atomic E-state index is -1.13. The van der Waals surface area contributed by atoms with Gasteiger partial charge in [0, 0.05) is 44.2 Å². The number of carboxylic acid groups (broad SMARTS) is 1. The summed E-state index contributed by atoms with van der Waals surface area (Å²) in [5.41, 5.74) is 1.86. The fraction of sp³-hybridized carbons (Fsp3) is 0.600. The summed E-state index contributed by atoms with van der Waals surface area (Å²) in [5.74, 6) is -0.163. The zero-order valence-electron chi connectivity index (χ0n) is 24.3. The van der Waals surface area contributed by atoms with Gasteiger partial charge < -0.3 is 30.1 Å². The van der Waals surface area contributed by atoms with Crippen LogP contribution in [0, 0.1) is 0 Å². The molecule has 1 amide bonds. The van der Waals surface area contributed by atoms with Crippen LogP contribution in [0.1, 0.15) is 55.3 Å². The number of carboxylic acids is 1. The number of unbranched alkanes of at least 4 members (excludes halogenated alkanes) is 1. The molecule has 1 aliphatic carbocycles. The zero-order chi connectivity index (χ0) is 30.1. The second-order valence-corrected chi connectivity index (χ2v) is 11.5. The summed E-state index contributed by atoms with van der Waals surface area (Å²) in [6.07, 6.45) is 8.22. The molecule has 1 fully saturated rings. The Morgan fingerprint density at radius 2 is 2.05 bits per heavy atom. The van der Waals surface area contributed by atoms with Crippen molar-refractivity contribution in [2.45, 2.75) is 68.9 Å². The Kier molecular flexibility index (Phi) is 11.3. The van der Waals surface area contributed by atoms with E-state index in [2.05, 4.69) is 27.8 Å². The maximum absolute atomic E-state index is 13.5. The van der Waals surface area contributed by atoms with Crippen LogP contribution < -0.4 is 15.4 Å². The molecular formula is C30H41ClFN5O5. The van der Waals surface area contributed by atoms with Gasteiger partial charge in [-0.1, -0.05) is 17.7 Å². The fourth-order valence-corrected chi connectivity index (χ4v) is 5.87. The number of carbonyl (C=O) groups is 2. The van der Waals surface area contributed by atoms with Gasteiger partial charge in [0.2, 0.25) is 5.91 Å². The van der Waals surface area contributed by atoms with E-state index in [1.807, 2.05) is 4.90 Å². The first-order valence-corrected chi connectivity index (χ1v) is 14.9. The number of methoxy groups -OCH3 is 2. The number of nitrogens with one attached hydrogen (secondary N) is 2. The second kappa shape index (κ2) is 14.9. The topological polar surface area (TPSA) is 126 Å². The molecule has 0 saturated heterocycles. The number of hydrogen-bond donors (Lipinski definition) is 3. The van der Waals surface area contributed by atoms with E-state index in [0.29, 0.717) is 48.8 Å². The first-order valence-electron chi connectivity index (χ1n) is 14.6. The van der Waals surface area contributed by atoms with E-state index >= 15 is 0 Å². The standard InChI is InChI=1S/C30H41ClFN5O5/c1-41-22(16-32)19-37(14-4-3-7-21-9-8-20-6-5-13-34-27(20)35-21)15-10-24(28(38)39)36-29(40)30(11-12-30)26-23(31)17-33-18-25(26)42-2/h8-9,17-18,22,24H,3-7,10-16,19H2,1-2H3,(H,34,35)(H,36,40)(H,38,39). The smallest absolute Gasteiger partial charge is 0.326 e. The molecule has 2 unspecified atom stereocenters. The molecule has 1 saturated carbocycles. The Morgan fingerprint density at radius 3 is 2.74 bits per heavy atom. The lowest BCUT2D eigenvalue weighted by Crippen LogP contribution is -2.47. The summed E-state index contributed by atoms with van der Waals surface area (Å²) in [6, 6.07) is 3.10. The quantitative estimate of drug-likeness (QED) is 0.231. The number of hydrogen-bond acceptors (Lipinski definition) is 8. The molecular weight excluding hydrogens is 565 g/mol. The Hall–Kier alpha value is -3.02. The number of aliphatic carboxylic acids is 1. The Balaban J connectivity index is 1.34. The Bertz CT molecular complexity index is 1230. The van der Waals surface area contributed by atoms with Crippen LogP contribution in [0.25, 0.3) is 0 Å². The average Bonchev–Trinajstić information content (AvgIpc) is 3.80. The van der Waals surface area contributed by atoms with Crippen LogP contribution in [0.2, 0.25) is 5.02 Å². The monoisotopic (exact) mass is 605 g/mol. The van der Waals surface area contributed by atoms with Crippen molar-refractivity contribution in [3.8, 4) is 5.75 Å². The van der Waals surface area contributed by atoms with Crippen molar-refractivity contribution in [2.24, 2.45) is 0 Å². The van der Waals surface area contributed by atoms with Gasteiger partial charge in [0.1, 0.15) is 24.3 Å². The van der Waals surface area contributed by atoms with E-state index in [-0.39, 0.29) is 6.42 Å². The van der Waals surface area contributed by atoms with E-state index in [1.54, 1.807) is 0 Å². The predicted molar refractivity (Wildman–Crippen MR) is 158 cm³/mol. The van der Waals surface area contributed by atoms with Crippen LogP contribution in [-0.2, 0) is 32.6 Å². The highest BCUT2D eigenvalue weighted by Crippen LogP contribution is 2.53. The highest BCUT2D eigenvalue weighted by molar-refractivity contribution is 6.32. The third kappa shape index (κ3) is 7.87. The molecule has 2 aromatic rings. The van der Waals surface area contributed by atoms with Crippen molar-refractivity contribution in [1.29, 1.82) is 0 Å². The normalized spacial score (nSPS) is 16.7. The molecule has 0 bridgehead atoms. The van der Waals surface area contributed by atoms with Crippen LogP contribution in [0.4, 0.5) is 10.2 Å². The number of aromatic nitrogens is 2. The number of anilines is 1. The molecule has 0 radical (unpaired) electrons. The summed E-state index contributed by atoms with van der Waals surface area (Å²) in [7, 11) is 2.94. The van der Waals surface area contributed by atoms with Crippen molar-refractivity contribution in [2.75, 3.05) is 52.4 Å². The number of rotatable bonds is 17. The summed E-state index contributed by atoms with van der Waals surface area (Å²) >= 11 is 6.39. The largest absolute Gasteiger partial charge is 0.495 e. The average molecular weight is 606 g/mol. The first kappa shape index (κ1) is 31.9. The molecule has 0 aromatic carbocycles. The van der Waals surface area contributed by atoms with Gasteiger partial charge >= 0.3 is 5.97 Å². The van der Waals surface area contributed by atoms with Gasteiger partial charge in [-0.3, -0.25) is 9.78 Å². The minimum absolute atomic E-state index is 0.152. The molecule has 10 nitrogen and oxygen atoms in total. The third-order valence-corrected chi connectivity index (χ3v) is 8.45. The lowest BCUT2D eigenvalue weighted by Gasteiger charge is -2.28. The number of aryl methyl sites for hydroxylation is 2. The molecule has 2 aromatic heterocycles. The zero-order valence-corrected chi connectivity index (χ0v) is 25.1. The maximum Gasteiger partial charge on any atom is 0.326 e. The molecule has 2 atom stereocenters. The van der Waals surface area contributed by atoms with Crippen LogP contribution in [-0.4, -0.2) is 91.1 Å². The van der Waals surface area contributed by atoms with Gasteiger partial charge in [-0.2, -0.15) is 0 Å². The van der Waals surface area contributed by atoms with Crippen molar-refractivity contribution in [1.82, 2.24) is 20.2 Å². The Morgan fingerprint density at radius 1 is 1.24 bits per heavy atom. The fourth-order valence-electron chi connectivity index (χ4n) is 5.54. The van der Waals surface area contributed by atoms with Gasteiger partial charge in [0.05, 0.1) is 29.8 Å². The van der Waals surface area contributed by atoms with Crippen molar-refractivity contribution in [3.05, 3.63) is 46.4 Å². The molecule has 230 valence electrons. The number of ether oxygens (including phenoxy) is 2. The van der Waals surface area contributed by atoms with Crippen molar-refractivity contribution < 1.29 is 28.6 Å². The summed E-state index contributed by atoms with van der Waals surface area (Å²) in [5, 5.41) is 16.4. The molecule has 1 aliphatic heterocycles. The number of alkyl halides is 1. The summed E-state index contributed by atoms with van der Waals surface area (Å²) in [6.45, 7) is 1.61. The number of carbonyl (C=O) groups excluding carboxylic acids is 1. The third-order valence-electron chi connectivity index (χ3n) is 8.16. The predicted octanol–water partition coefficient (Wildman–Crippen LogP) is 3.80. The van der Waals surface area contributed by atoms with Gasteiger partial charge in [-0.15, -0.1) is 0 Å². The molecule has 4 rings (SSSR count). The van der Waals surface area contributed by atoms with E-state index < -0.39 is 36.1 Å². The molecule has 0 spiro atoms. The van der Waals surface area contributed by atoms with E-state index in [9.17, 15) is 19.1 Å². The van der Waals surface area contributed by atoms with Crippen molar-refractivity contribution in [3.63, 3.8) is 0 Å².